The second-order valence-electron chi connectivity index (χ2n) is 4.80. The Morgan fingerprint density at radius 3 is 3.06 bits per heavy atom. The van der Waals surface area contributed by atoms with E-state index in [9.17, 15) is 4.79 Å². The smallest absolute Gasteiger partial charge is 0.305 e. The van der Waals surface area contributed by atoms with Crippen LogP contribution in [0.15, 0.2) is 23.1 Å². The molecule has 1 aliphatic heterocycles. The van der Waals surface area contributed by atoms with Crippen LogP contribution in [0.2, 0.25) is 0 Å². The molecule has 0 aliphatic carbocycles. The molecule has 1 aromatic carbocycles. The summed E-state index contributed by atoms with van der Waals surface area (Å²) >= 11 is 1.92. The monoisotopic (exact) mass is 265 g/mol. The van der Waals surface area contributed by atoms with Crippen molar-refractivity contribution in [1.82, 2.24) is 0 Å². The zero-order valence-corrected chi connectivity index (χ0v) is 11.7. The Balaban J connectivity index is 2.15. The first-order chi connectivity index (χ1) is 8.58. The highest BCUT2D eigenvalue weighted by Crippen LogP contribution is 2.33. The molecule has 1 aliphatic rings. The molecular formula is C14H19NO2S. The highest BCUT2D eigenvalue weighted by Gasteiger charge is 2.16. The Hall–Kier alpha value is -1.16. The lowest BCUT2D eigenvalue weighted by Crippen LogP contribution is -2.31. The number of hydrogen-bond donors (Lipinski definition) is 1. The van der Waals surface area contributed by atoms with E-state index in [2.05, 4.69) is 18.2 Å². The molecule has 0 fully saturated rings. The number of rotatable bonds is 4. The van der Waals surface area contributed by atoms with E-state index in [1.54, 1.807) is 0 Å². The van der Waals surface area contributed by atoms with E-state index in [1.807, 2.05) is 30.6 Å². The van der Waals surface area contributed by atoms with Crippen molar-refractivity contribution in [1.29, 1.82) is 0 Å². The van der Waals surface area contributed by atoms with Gasteiger partial charge in [-0.15, -0.1) is 11.8 Å². The maximum absolute atomic E-state index is 10.7. The summed E-state index contributed by atoms with van der Waals surface area (Å²) in [6.45, 7) is 1.95. The molecule has 1 heterocycles. The summed E-state index contributed by atoms with van der Waals surface area (Å²) in [4.78, 5) is 14.2. The van der Waals surface area contributed by atoms with Gasteiger partial charge in [0.1, 0.15) is 0 Å². The number of carbonyl (C=O) groups is 1. The molecule has 0 amide bonds. The fraction of sp³-hybridized carbons (Fsp3) is 0.500. The Labute approximate surface area is 112 Å². The van der Waals surface area contributed by atoms with Crippen molar-refractivity contribution < 1.29 is 9.90 Å². The molecule has 0 bridgehead atoms. The second kappa shape index (κ2) is 5.65. The largest absolute Gasteiger partial charge is 0.481 e. The van der Waals surface area contributed by atoms with Gasteiger partial charge in [0.15, 0.2) is 0 Å². The van der Waals surface area contributed by atoms with Crippen LogP contribution in [-0.2, 0) is 11.2 Å². The van der Waals surface area contributed by atoms with Gasteiger partial charge in [0.25, 0.3) is 0 Å². The minimum Gasteiger partial charge on any atom is -0.481 e. The van der Waals surface area contributed by atoms with Gasteiger partial charge in [-0.3, -0.25) is 4.79 Å². The molecular weight excluding hydrogens is 246 g/mol. The molecule has 0 radical (unpaired) electrons. The van der Waals surface area contributed by atoms with Gasteiger partial charge in [-0.05, 0) is 49.3 Å². The van der Waals surface area contributed by atoms with Gasteiger partial charge in [-0.2, -0.15) is 0 Å². The number of aryl methyl sites for hydroxylation is 1. The van der Waals surface area contributed by atoms with E-state index >= 15 is 0 Å². The van der Waals surface area contributed by atoms with Gasteiger partial charge in [0, 0.05) is 23.7 Å². The van der Waals surface area contributed by atoms with Crippen LogP contribution in [0.5, 0.6) is 0 Å². The number of nitrogens with zero attached hydrogens (tertiary/aromatic N) is 1. The first-order valence-corrected chi connectivity index (χ1v) is 7.27. The molecule has 1 unspecified atom stereocenters. The van der Waals surface area contributed by atoms with Crippen LogP contribution in [0, 0.1) is 0 Å². The molecule has 1 atom stereocenters. The van der Waals surface area contributed by atoms with Crippen LogP contribution in [-0.4, -0.2) is 29.9 Å². The lowest BCUT2D eigenvalue weighted by atomic mass is 10.1. The van der Waals surface area contributed by atoms with Crippen molar-refractivity contribution in [3.05, 3.63) is 23.8 Å². The highest BCUT2D eigenvalue weighted by molar-refractivity contribution is 7.99. The Morgan fingerprint density at radius 2 is 2.33 bits per heavy atom. The van der Waals surface area contributed by atoms with Gasteiger partial charge in [0.2, 0.25) is 0 Å². The summed E-state index contributed by atoms with van der Waals surface area (Å²) in [5.41, 5.74) is 2.52. The van der Waals surface area contributed by atoms with Crippen LogP contribution >= 0.6 is 11.8 Å². The molecule has 0 spiro atoms. The van der Waals surface area contributed by atoms with Crippen molar-refractivity contribution >= 4 is 23.4 Å². The SMILES string of the molecule is CC(CC(=O)O)N(C)c1ccc2c(c1)CCCS2. The molecule has 98 valence electrons. The second-order valence-corrected chi connectivity index (χ2v) is 5.94. The topological polar surface area (TPSA) is 40.5 Å². The number of fused-ring (bicyclic) bond motifs is 1. The molecule has 2 rings (SSSR count). The number of carboxylic acid groups (broad SMARTS) is 1. The van der Waals surface area contributed by atoms with Crippen molar-refractivity contribution in [2.45, 2.75) is 37.1 Å². The van der Waals surface area contributed by atoms with Crippen LogP contribution < -0.4 is 4.90 Å². The number of benzene rings is 1. The number of carboxylic acids is 1. The molecule has 0 saturated carbocycles. The van der Waals surface area contributed by atoms with Gasteiger partial charge in [-0.1, -0.05) is 0 Å². The summed E-state index contributed by atoms with van der Waals surface area (Å²) in [5.74, 6) is 0.459. The van der Waals surface area contributed by atoms with E-state index in [0.29, 0.717) is 0 Å². The quantitative estimate of drug-likeness (QED) is 0.908. The minimum atomic E-state index is -0.747. The molecule has 18 heavy (non-hydrogen) atoms. The molecule has 3 nitrogen and oxygen atoms in total. The first kappa shape index (κ1) is 13.3. The number of anilines is 1. The van der Waals surface area contributed by atoms with Crippen molar-refractivity contribution in [2.75, 3.05) is 17.7 Å². The Bertz CT molecular complexity index is 447. The number of hydrogen-bond acceptors (Lipinski definition) is 3. The average molecular weight is 265 g/mol. The van der Waals surface area contributed by atoms with E-state index in [1.165, 1.54) is 22.6 Å². The highest BCUT2D eigenvalue weighted by atomic mass is 32.2. The fourth-order valence-corrected chi connectivity index (χ4v) is 3.23. The van der Waals surface area contributed by atoms with Gasteiger partial charge in [0.05, 0.1) is 6.42 Å². The molecule has 1 aromatic rings. The normalized spacial score (nSPS) is 15.9. The maximum Gasteiger partial charge on any atom is 0.305 e. The standard InChI is InChI=1S/C14H19NO2S/c1-10(8-14(16)17)15(2)12-5-6-13-11(9-12)4-3-7-18-13/h5-6,9-10H,3-4,7-8H2,1-2H3,(H,16,17). The Morgan fingerprint density at radius 1 is 1.56 bits per heavy atom. The number of aliphatic carboxylic acids is 1. The summed E-state index contributed by atoms with van der Waals surface area (Å²) in [6, 6.07) is 6.48. The van der Waals surface area contributed by atoms with Crippen LogP contribution in [0.4, 0.5) is 5.69 Å². The maximum atomic E-state index is 10.7. The third-order valence-corrected chi connectivity index (χ3v) is 4.63. The van der Waals surface area contributed by atoms with Crippen LogP contribution in [0.3, 0.4) is 0 Å². The van der Waals surface area contributed by atoms with E-state index in [0.717, 1.165) is 12.1 Å². The van der Waals surface area contributed by atoms with Crippen LogP contribution in [0.25, 0.3) is 0 Å². The average Bonchev–Trinajstić information content (AvgIpc) is 2.36. The lowest BCUT2D eigenvalue weighted by Gasteiger charge is -2.27. The predicted octanol–water partition coefficient (Wildman–Crippen LogP) is 3.02. The minimum absolute atomic E-state index is 0.0109. The van der Waals surface area contributed by atoms with E-state index < -0.39 is 5.97 Å². The first-order valence-electron chi connectivity index (χ1n) is 6.28. The third kappa shape index (κ3) is 2.99. The van der Waals surface area contributed by atoms with E-state index in [4.69, 9.17) is 5.11 Å². The zero-order valence-electron chi connectivity index (χ0n) is 10.8. The number of thioether (sulfide) groups is 1. The van der Waals surface area contributed by atoms with E-state index in [-0.39, 0.29) is 12.5 Å². The summed E-state index contributed by atoms with van der Waals surface area (Å²) in [5, 5.41) is 8.84. The van der Waals surface area contributed by atoms with Gasteiger partial charge < -0.3 is 10.0 Å². The van der Waals surface area contributed by atoms with Gasteiger partial charge in [-0.25, -0.2) is 0 Å². The lowest BCUT2D eigenvalue weighted by molar-refractivity contribution is -0.137. The molecule has 0 saturated heterocycles. The third-order valence-electron chi connectivity index (χ3n) is 3.43. The van der Waals surface area contributed by atoms with Crippen molar-refractivity contribution in [3.8, 4) is 0 Å². The molecule has 4 heteroatoms. The summed E-state index contributed by atoms with van der Waals surface area (Å²) in [6.07, 6.45) is 2.54. The predicted molar refractivity (Wildman–Crippen MR) is 75.6 cm³/mol. The molecule has 1 N–H and O–H groups in total. The zero-order chi connectivity index (χ0) is 13.1. The summed E-state index contributed by atoms with van der Waals surface area (Å²) in [7, 11) is 1.96. The van der Waals surface area contributed by atoms with Gasteiger partial charge >= 0.3 is 5.97 Å². The molecule has 0 aromatic heterocycles. The van der Waals surface area contributed by atoms with Crippen molar-refractivity contribution in [3.63, 3.8) is 0 Å². The van der Waals surface area contributed by atoms with Crippen LogP contribution in [0.1, 0.15) is 25.3 Å². The fourth-order valence-electron chi connectivity index (χ4n) is 2.21. The summed E-state index contributed by atoms with van der Waals surface area (Å²) < 4.78 is 0. The van der Waals surface area contributed by atoms with Crippen molar-refractivity contribution in [2.24, 2.45) is 0 Å². The Kier molecular flexibility index (Phi) is 4.17.